The number of hydrogen-bond acceptors (Lipinski definition) is 3. The summed E-state index contributed by atoms with van der Waals surface area (Å²) < 4.78 is 94.6. The first-order valence-electron chi connectivity index (χ1n) is 9.98. The zero-order chi connectivity index (χ0) is 24.3. The Morgan fingerprint density at radius 3 is 2.42 bits per heavy atom. The summed E-state index contributed by atoms with van der Waals surface area (Å²) in [5.41, 5.74) is -3.18. The molecule has 3 aromatic rings. The second kappa shape index (κ2) is 7.79. The molecule has 1 N–H and O–H groups in total. The third-order valence-electron chi connectivity index (χ3n) is 6.43. The number of fused-ring (bicyclic) bond motifs is 1. The van der Waals surface area contributed by atoms with E-state index in [1.54, 1.807) is 0 Å². The summed E-state index contributed by atoms with van der Waals surface area (Å²) in [4.78, 5) is 15.5. The molecule has 176 valence electrons. The largest absolute Gasteiger partial charge is 0.493 e. The molecule has 1 aromatic heterocycles. The van der Waals surface area contributed by atoms with E-state index in [1.165, 1.54) is 13.0 Å². The molecule has 33 heavy (non-hydrogen) atoms. The van der Waals surface area contributed by atoms with Crippen LogP contribution >= 0.6 is 0 Å². The van der Waals surface area contributed by atoms with E-state index in [4.69, 9.17) is 9.47 Å². The van der Waals surface area contributed by atoms with Crippen LogP contribution < -0.4 is 10.2 Å². The standard InChI is InChI=1S/C23H19F6NO3/c1-10-18(12-5-6-14(25)19(26)20(12)32-3)21(33-22(10,2)23(27,28)29)16-9-17(31)13-8-11(24)4-7-15(13)30-16/h4-10,18,21H,1-3H3,(H,30,31)/t10-,18-,21-,22+/m0/s1. The molecule has 0 aliphatic carbocycles. The molecular weight excluding hydrogens is 452 g/mol. The summed E-state index contributed by atoms with van der Waals surface area (Å²) >= 11 is 0. The highest BCUT2D eigenvalue weighted by Crippen LogP contribution is 2.59. The summed E-state index contributed by atoms with van der Waals surface area (Å²) in [6, 6.07) is 6.35. The number of rotatable bonds is 3. The molecule has 4 nitrogen and oxygen atoms in total. The number of pyridine rings is 1. The number of halogens is 6. The predicted molar refractivity (Wildman–Crippen MR) is 108 cm³/mol. The van der Waals surface area contributed by atoms with Gasteiger partial charge in [0.2, 0.25) is 5.82 Å². The van der Waals surface area contributed by atoms with E-state index in [0.717, 1.165) is 44.4 Å². The third-order valence-corrected chi connectivity index (χ3v) is 6.43. The Balaban J connectivity index is 1.96. The molecule has 1 fully saturated rings. The normalized spacial score (nSPS) is 25.5. The van der Waals surface area contributed by atoms with Crippen LogP contribution in [0.5, 0.6) is 5.75 Å². The van der Waals surface area contributed by atoms with Gasteiger partial charge in [-0.1, -0.05) is 13.0 Å². The van der Waals surface area contributed by atoms with Gasteiger partial charge in [-0.2, -0.15) is 17.6 Å². The van der Waals surface area contributed by atoms with E-state index in [2.05, 4.69) is 4.98 Å². The quantitative estimate of drug-likeness (QED) is 0.494. The maximum atomic E-state index is 14.5. The average Bonchev–Trinajstić information content (AvgIpc) is 3.02. The Morgan fingerprint density at radius 1 is 1.09 bits per heavy atom. The molecule has 4 atom stereocenters. The number of aromatic nitrogens is 1. The van der Waals surface area contributed by atoms with Crippen molar-refractivity contribution >= 4 is 10.9 Å². The smallest absolute Gasteiger partial charge is 0.417 e. The van der Waals surface area contributed by atoms with Gasteiger partial charge in [0.15, 0.2) is 22.6 Å². The Kier molecular flexibility index (Phi) is 5.47. The topological polar surface area (TPSA) is 51.3 Å². The van der Waals surface area contributed by atoms with Gasteiger partial charge in [0.25, 0.3) is 0 Å². The number of benzene rings is 2. The van der Waals surface area contributed by atoms with E-state index in [-0.39, 0.29) is 22.2 Å². The van der Waals surface area contributed by atoms with Crippen molar-refractivity contribution in [2.45, 2.75) is 37.6 Å². The van der Waals surface area contributed by atoms with Crippen LogP contribution in [-0.2, 0) is 4.74 Å². The van der Waals surface area contributed by atoms with Crippen LogP contribution in [0.3, 0.4) is 0 Å². The fourth-order valence-electron chi connectivity index (χ4n) is 4.47. The molecule has 0 bridgehead atoms. The Bertz CT molecular complexity index is 1290. The van der Waals surface area contributed by atoms with Gasteiger partial charge in [-0.25, -0.2) is 8.78 Å². The number of aromatic amines is 1. The lowest BCUT2D eigenvalue weighted by Gasteiger charge is -2.32. The Labute approximate surface area is 184 Å². The SMILES string of the molecule is COc1c([C@H]2[C@H](c3cc(=O)c4cc(F)ccc4[nH]3)O[C@@](C)(C(F)(F)F)[C@H]2C)ccc(F)c1F. The number of methoxy groups -OCH3 is 1. The van der Waals surface area contributed by atoms with Crippen LogP contribution in [0.4, 0.5) is 26.3 Å². The van der Waals surface area contributed by atoms with Crippen molar-refractivity contribution in [1.29, 1.82) is 0 Å². The van der Waals surface area contributed by atoms with Gasteiger partial charge < -0.3 is 14.5 Å². The Morgan fingerprint density at radius 2 is 1.79 bits per heavy atom. The summed E-state index contributed by atoms with van der Waals surface area (Å²) in [5.74, 6) is -6.22. The van der Waals surface area contributed by atoms with Crippen LogP contribution in [-0.4, -0.2) is 23.9 Å². The van der Waals surface area contributed by atoms with Crippen LogP contribution in [0.1, 0.15) is 37.1 Å². The molecule has 0 saturated carbocycles. The first kappa shape index (κ1) is 23.2. The second-order valence-corrected chi connectivity index (χ2v) is 8.22. The first-order valence-corrected chi connectivity index (χ1v) is 9.98. The van der Waals surface area contributed by atoms with Gasteiger partial charge in [-0.05, 0) is 31.2 Å². The number of alkyl halides is 3. The second-order valence-electron chi connectivity index (χ2n) is 8.22. The summed E-state index contributed by atoms with van der Waals surface area (Å²) in [7, 11) is 1.08. The molecule has 2 aromatic carbocycles. The minimum absolute atomic E-state index is 0.00494. The minimum atomic E-state index is -4.81. The van der Waals surface area contributed by atoms with E-state index in [9.17, 15) is 31.1 Å². The molecule has 0 unspecified atom stereocenters. The molecular formula is C23H19F6NO3. The highest BCUT2D eigenvalue weighted by Gasteiger charge is 2.65. The molecule has 1 aliphatic heterocycles. The van der Waals surface area contributed by atoms with Gasteiger partial charge >= 0.3 is 6.18 Å². The van der Waals surface area contributed by atoms with Gasteiger partial charge in [0, 0.05) is 40.1 Å². The average molecular weight is 471 g/mol. The third kappa shape index (κ3) is 3.56. The van der Waals surface area contributed by atoms with E-state index in [0.29, 0.717) is 0 Å². The van der Waals surface area contributed by atoms with Crippen molar-refractivity contribution < 1.29 is 35.8 Å². The van der Waals surface area contributed by atoms with Gasteiger partial charge in [-0.15, -0.1) is 0 Å². The van der Waals surface area contributed by atoms with Crippen LogP contribution in [0, 0.1) is 23.4 Å². The van der Waals surface area contributed by atoms with Crippen LogP contribution in [0.2, 0.25) is 0 Å². The fraction of sp³-hybridized carbons (Fsp3) is 0.348. The zero-order valence-electron chi connectivity index (χ0n) is 17.7. The molecule has 0 amide bonds. The maximum absolute atomic E-state index is 14.5. The van der Waals surface area contributed by atoms with Gasteiger partial charge in [-0.3, -0.25) is 4.79 Å². The monoisotopic (exact) mass is 471 g/mol. The number of H-pyrrole nitrogens is 1. The fourth-order valence-corrected chi connectivity index (χ4v) is 4.47. The minimum Gasteiger partial charge on any atom is -0.493 e. The number of ether oxygens (including phenoxy) is 2. The van der Waals surface area contributed by atoms with E-state index < -0.39 is 58.3 Å². The molecule has 1 aliphatic rings. The summed E-state index contributed by atoms with van der Waals surface area (Å²) in [5, 5.41) is 0.00494. The number of nitrogens with one attached hydrogen (secondary N) is 1. The molecule has 10 heteroatoms. The highest BCUT2D eigenvalue weighted by molar-refractivity contribution is 5.78. The van der Waals surface area contributed by atoms with Gasteiger partial charge in [0.1, 0.15) is 11.9 Å². The lowest BCUT2D eigenvalue weighted by atomic mass is 9.76. The van der Waals surface area contributed by atoms with Crippen molar-refractivity contribution in [3.05, 3.63) is 75.3 Å². The Hall–Kier alpha value is -3.01. The van der Waals surface area contributed by atoms with Crippen molar-refractivity contribution in [3.8, 4) is 5.75 Å². The van der Waals surface area contributed by atoms with Crippen molar-refractivity contribution in [2.75, 3.05) is 7.11 Å². The summed E-state index contributed by atoms with van der Waals surface area (Å²) in [6.07, 6.45) is -6.21. The molecule has 2 heterocycles. The van der Waals surface area contributed by atoms with E-state index in [1.807, 2.05) is 0 Å². The highest BCUT2D eigenvalue weighted by atomic mass is 19.4. The molecule has 0 spiro atoms. The van der Waals surface area contributed by atoms with Crippen LogP contribution in [0.25, 0.3) is 10.9 Å². The van der Waals surface area contributed by atoms with Crippen molar-refractivity contribution in [2.24, 2.45) is 5.92 Å². The maximum Gasteiger partial charge on any atom is 0.417 e. The lowest BCUT2D eigenvalue weighted by molar-refractivity contribution is -0.275. The van der Waals surface area contributed by atoms with Gasteiger partial charge in [0.05, 0.1) is 7.11 Å². The molecule has 4 rings (SSSR count). The molecule has 0 radical (unpaired) electrons. The first-order chi connectivity index (χ1) is 15.4. The van der Waals surface area contributed by atoms with E-state index >= 15 is 0 Å². The van der Waals surface area contributed by atoms with Crippen molar-refractivity contribution in [3.63, 3.8) is 0 Å². The van der Waals surface area contributed by atoms with Crippen molar-refractivity contribution in [1.82, 2.24) is 4.98 Å². The zero-order valence-corrected chi connectivity index (χ0v) is 17.7. The lowest BCUT2D eigenvalue weighted by Crippen LogP contribution is -2.46. The number of hydrogen-bond donors (Lipinski definition) is 1. The molecule has 1 saturated heterocycles. The predicted octanol–water partition coefficient (Wildman–Crippen LogP) is 5.77. The summed E-state index contributed by atoms with van der Waals surface area (Å²) in [6.45, 7) is 2.15. The van der Waals surface area contributed by atoms with Crippen LogP contribution in [0.15, 0.2) is 41.2 Å².